The van der Waals surface area contributed by atoms with E-state index in [9.17, 15) is 4.79 Å². The predicted molar refractivity (Wildman–Crippen MR) is 130 cm³/mol. The molecule has 3 saturated heterocycles. The minimum Gasteiger partial charge on any atom is -0.378 e. The van der Waals surface area contributed by atoms with Crippen LogP contribution in [0, 0.1) is 5.92 Å². The number of piperazine rings is 1. The summed E-state index contributed by atoms with van der Waals surface area (Å²) in [4.78, 5) is 21.4. The second-order valence-corrected chi connectivity index (χ2v) is 11.2. The fourth-order valence-electron chi connectivity index (χ4n) is 5.08. The van der Waals surface area contributed by atoms with Gasteiger partial charge in [-0.3, -0.25) is 14.4 Å². The van der Waals surface area contributed by atoms with Crippen molar-refractivity contribution in [1.29, 1.82) is 0 Å². The number of amides is 1. The molecule has 0 aromatic carbocycles. The molecule has 1 N–H and O–H groups in total. The lowest BCUT2D eigenvalue weighted by Gasteiger charge is -2.44. The lowest BCUT2D eigenvalue weighted by atomic mass is 9.96. The number of carbonyl (C=O) groups is 1. The van der Waals surface area contributed by atoms with E-state index in [0.717, 1.165) is 75.1 Å². The molecule has 178 valence electrons. The fraction of sp³-hybridized carbons (Fsp3) is 0.667. The first-order valence-electron chi connectivity index (χ1n) is 12.3. The normalized spacial score (nSPS) is 25.2. The lowest BCUT2D eigenvalue weighted by Crippen LogP contribution is -2.58. The number of ether oxygens (including phenoxy) is 1. The van der Waals surface area contributed by atoms with Crippen LogP contribution in [0.3, 0.4) is 0 Å². The zero-order valence-electron chi connectivity index (χ0n) is 19.6. The Morgan fingerprint density at radius 3 is 2.88 bits per heavy atom. The number of nitrogens with one attached hydrogen (secondary N) is 1. The Labute approximate surface area is 199 Å². The summed E-state index contributed by atoms with van der Waals surface area (Å²) < 4.78 is 11.4. The molecule has 1 aliphatic carbocycles. The Hall–Kier alpha value is -1.81. The number of likely N-dealkylation sites (tertiary alicyclic amines) is 1. The number of anilines is 1. The van der Waals surface area contributed by atoms with Crippen molar-refractivity contribution in [1.82, 2.24) is 24.1 Å². The highest BCUT2D eigenvalue weighted by Crippen LogP contribution is 2.38. The molecule has 1 unspecified atom stereocenters. The highest BCUT2D eigenvalue weighted by Gasteiger charge is 2.37. The first-order chi connectivity index (χ1) is 16.0. The van der Waals surface area contributed by atoms with Gasteiger partial charge in [-0.1, -0.05) is 6.92 Å². The van der Waals surface area contributed by atoms with Gasteiger partial charge in [0.25, 0.3) is 5.91 Å². The van der Waals surface area contributed by atoms with Crippen LogP contribution in [0.1, 0.15) is 43.5 Å². The van der Waals surface area contributed by atoms with Crippen molar-refractivity contribution in [3.63, 3.8) is 0 Å². The maximum Gasteiger partial charge on any atom is 0.257 e. The van der Waals surface area contributed by atoms with Gasteiger partial charge >= 0.3 is 0 Å². The first kappa shape index (κ1) is 21.7. The summed E-state index contributed by atoms with van der Waals surface area (Å²) in [5, 5.41) is 4.71. The van der Waals surface area contributed by atoms with E-state index >= 15 is 0 Å². The third-order valence-corrected chi connectivity index (χ3v) is 8.87. The lowest BCUT2D eigenvalue weighted by molar-refractivity contribution is -0.0118. The molecule has 9 heteroatoms. The predicted octanol–water partition coefficient (Wildman–Crippen LogP) is 2.49. The number of nitrogens with zero attached hydrogens (tertiary/aromatic N) is 5. The van der Waals surface area contributed by atoms with Gasteiger partial charge in [-0.2, -0.15) is 5.10 Å². The number of hydrogen-bond acceptors (Lipinski definition) is 7. The third-order valence-electron chi connectivity index (χ3n) is 7.80. The van der Waals surface area contributed by atoms with Crippen molar-refractivity contribution in [2.24, 2.45) is 5.92 Å². The van der Waals surface area contributed by atoms with Gasteiger partial charge in [-0.15, -0.1) is 0 Å². The second-order valence-electron chi connectivity index (χ2n) is 10.4. The van der Waals surface area contributed by atoms with Gasteiger partial charge < -0.3 is 14.5 Å². The molecular formula is C24H34N6O2S. The van der Waals surface area contributed by atoms with Crippen LogP contribution in [0.2, 0.25) is 0 Å². The Balaban J connectivity index is 1.32. The summed E-state index contributed by atoms with van der Waals surface area (Å²) in [6.45, 7) is 11.7. The van der Waals surface area contributed by atoms with Crippen LogP contribution in [0.5, 0.6) is 0 Å². The molecule has 2 aromatic rings. The molecule has 4 fully saturated rings. The van der Waals surface area contributed by atoms with Crippen molar-refractivity contribution >= 4 is 29.2 Å². The van der Waals surface area contributed by atoms with Crippen LogP contribution < -0.4 is 9.62 Å². The molecule has 5 heterocycles. The van der Waals surface area contributed by atoms with Gasteiger partial charge in [0.1, 0.15) is 5.82 Å². The molecule has 3 aliphatic heterocycles. The average Bonchev–Trinajstić information content (AvgIpc) is 3.39. The minimum atomic E-state index is 0.107. The van der Waals surface area contributed by atoms with E-state index in [0.29, 0.717) is 17.5 Å². The SMILES string of the molecule is CCC1CN(C(=O)c2cnn3c(N4CCN5CCOCC5C4)cc(SNC4(C)CC4)cc23)C1. The van der Waals surface area contributed by atoms with E-state index in [1.165, 1.54) is 12.8 Å². The zero-order chi connectivity index (χ0) is 22.6. The van der Waals surface area contributed by atoms with Gasteiger partial charge in [0.05, 0.1) is 36.5 Å². The highest BCUT2D eigenvalue weighted by molar-refractivity contribution is 7.97. The number of rotatable bonds is 6. The van der Waals surface area contributed by atoms with E-state index in [4.69, 9.17) is 9.84 Å². The van der Waals surface area contributed by atoms with Gasteiger partial charge in [-0.25, -0.2) is 4.52 Å². The number of hydrogen-bond donors (Lipinski definition) is 1. The van der Waals surface area contributed by atoms with Crippen molar-refractivity contribution in [3.8, 4) is 0 Å². The Bertz CT molecular complexity index is 1050. The largest absolute Gasteiger partial charge is 0.378 e. The molecule has 1 amide bonds. The van der Waals surface area contributed by atoms with Gasteiger partial charge in [0, 0.05) is 49.7 Å². The number of fused-ring (bicyclic) bond motifs is 2. The van der Waals surface area contributed by atoms with Gasteiger partial charge in [0.2, 0.25) is 0 Å². The summed E-state index contributed by atoms with van der Waals surface area (Å²) in [6, 6.07) is 4.77. The number of aromatic nitrogens is 2. The maximum atomic E-state index is 13.3. The van der Waals surface area contributed by atoms with E-state index in [-0.39, 0.29) is 11.4 Å². The monoisotopic (exact) mass is 470 g/mol. The molecule has 1 saturated carbocycles. The molecule has 0 spiro atoms. The summed E-state index contributed by atoms with van der Waals surface area (Å²) in [5.41, 5.74) is 1.85. The third kappa shape index (κ3) is 4.13. The number of morpholine rings is 1. The molecule has 0 bridgehead atoms. The van der Waals surface area contributed by atoms with Crippen LogP contribution in [0.25, 0.3) is 5.52 Å². The van der Waals surface area contributed by atoms with Crippen molar-refractivity contribution in [2.45, 2.75) is 49.6 Å². The number of carbonyl (C=O) groups excluding carboxylic acids is 1. The Morgan fingerprint density at radius 1 is 1.24 bits per heavy atom. The smallest absolute Gasteiger partial charge is 0.257 e. The van der Waals surface area contributed by atoms with E-state index in [2.05, 4.69) is 40.5 Å². The Kier molecular flexibility index (Phi) is 5.55. The maximum absolute atomic E-state index is 13.3. The van der Waals surface area contributed by atoms with Crippen LogP contribution in [-0.2, 0) is 4.74 Å². The molecular weight excluding hydrogens is 436 g/mol. The molecule has 8 nitrogen and oxygen atoms in total. The minimum absolute atomic E-state index is 0.107. The van der Waals surface area contributed by atoms with Crippen LogP contribution in [-0.4, -0.2) is 89.4 Å². The van der Waals surface area contributed by atoms with Gasteiger partial charge in [0.15, 0.2) is 0 Å². The highest BCUT2D eigenvalue weighted by atomic mass is 32.2. The Morgan fingerprint density at radius 2 is 2.09 bits per heavy atom. The van der Waals surface area contributed by atoms with Gasteiger partial charge in [-0.05, 0) is 56.2 Å². The van der Waals surface area contributed by atoms with Crippen LogP contribution in [0.15, 0.2) is 23.2 Å². The van der Waals surface area contributed by atoms with E-state index in [1.54, 1.807) is 18.1 Å². The molecule has 4 aliphatic rings. The fourth-order valence-corrected chi connectivity index (χ4v) is 5.99. The topological polar surface area (TPSA) is 65.4 Å². The van der Waals surface area contributed by atoms with Crippen molar-refractivity contribution in [2.75, 3.05) is 57.4 Å². The van der Waals surface area contributed by atoms with E-state index in [1.807, 2.05) is 9.42 Å². The molecule has 33 heavy (non-hydrogen) atoms. The zero-order valence-corrected chi connectivity index (χ0v) is 20.4. The standard InChI is InChI=1S/C24H34N6O2S/c1-3-17-13-29(14-17)23(31)20-12-25-30-21(20)10-19(33-26-24(2)4-5-24)11-22(30)28-7-6-27-8-9-32-16-18(27)15-28/h10-12,17-18,26H,3-9,13-16H2,1-2H3. The summed E-state index contributed by atoms with van der Waals surface area (Å²) in [6.07, 6.45) is 5.32. The molecule has 0 radical (unpaired) electrons. The number of pyridine rings is 1. The summed E-state index contributed by atoms with van der Waals surface area (Å²) in [5.74, 6) is 1.81. The average molecular weight is 471 g/mol. The van der Waals surface area contributed by atoms with Crippen LogP contribution in [0.4, 0.5) is 5.82 Å². The van der Waals surface area contributed by atoms with Crippen molar-refractivity contribution in [3.05, 3.63) is 23.9 Å². The summed E-state index contributed by atoms with van der Waals surface area (Å²) >= 11 is 1.68. The molecule has 1 atom stereocenters. The first-order valence-corrected chi connectivity index (χ1v) is 13.2. The quantitative estimate of drug-likeness (QED) is 0.651. The molecule has 6 rings (SSSR count). The molecule has 2 aromatic heterocycles. The van der Waals surface area contributed by atoms with E-state index < -0.39 is 0 Å². The van der Waals surface area contributed by atoms with Crippen LogP contribution >= 0.6 is 11.9 Å². The van der Waals surface area contributed by atoms with Crippen molar-refractivity contribution < 1.29 is 9.53 Å². The summed E-state index contributed by atoms with van der Waals surface area (Å²) in [7, 11) is 0. The second kappa shape index (κ2) is 8.45.